The Morgan fingerprint density at radius 1 is 1.09 bits per heavy atom. The van der Waals surface area contributed by atoms with E-state index in [0.29, 0.717) is 16.9 Å². The molecule has 2 aliphatic heterocycles. The van der Waals surface area contributed by atoms with Crippen LogP contribution in [0.3, 0.4) is 0 Å². The van der Waals surface area contributed by atoms with E-state index < -0.39 is 41.1 Å². The number of carbonyl (C=O) groups is 4. The zero-order valence-corrected chi connectivity index (χ0v) is 19.2. The molecule has 0 spiro atoms. The molecule has 9 nitrogen and oxygen atoms in total. The lowest BCUT2D eigenvalue weighted by atomic mass is 10.0. The lowest BCUT2D eigenvalue weighted by Crippen LogP contribution is -2.71. The third-order valence-corrected chi connectivity index (χ3v) is 7.01. The van der Waals surface area contributed by atoms with Crippen molar-refractivity contribution in [3.8, 4) is 0 Å². The maximum atomic E-state index is 13.2. The molecule has 3 atom stereocenters. The number of rotatable bonds is 8. The highest BCUT2D eigenvalue weighted by Crippen LogP contribution is 2.40. The summed E-state index contributed by atoms with van der Waals surface area (Å²) in [5, 5.41) is 17.4. The fraction of sp³-hybridized carbons (Fsp3) is 0.250. The van der Waals surface area contributed by atoms with Crippen molar-refractivity contribution in [1.82, 2.24) is 15.5 Å². The number of carboxylic acid groups (broad SMARTS) is 1. The highest BCUT2D eigenvalue weighted by atomic mass is 32.2. The highest BCUT2D eigenvalue weighted by Gasteiger charge is 2.54. The van der Waals surface area contributed by atoms with Crippen molar-refractivity contribution < 1.29 is 24.3 Å². The number of nitrogens with zero attached hydrogens (tertiary/aromatic N) is 1. The van der Waals surface area contributed by atoms with Crippen LogP contribution in [0.25, 0.3) is 0 Å². The highest BCUT2D eigenvalue weighted by molar-refractivity contribution is 8.00. The summed E-state index contributed by atoms with van der Waals surface area (Å²) in [6, 6.07) is 16.1. The zero-order valence-electron chi connectivity index (χ0n) is 18.4. The zero-order chi connectivity index (χ0) is 24.2. The second kappa shape index (κ2) is 10.0. The largest absolute Gasteiger partial charge is 0.477 e. The van der Waals surface area contributed by atoms with Gasteiger partial charge in [0.2, 0.25) is 11.8 Å². The fourth-order valence-corrected chi connectivity index (χ4v) is 5.20. The summed E-state index contributed by atoms with van der Waals surface area (Å²) in [5.74, 6) is -2.13. The molecular weight excluding hydrogens is 456 g/mol. The Balaban J connectivity index is 1.45. The number of β-lactam (4-membered cyclic amide) rings is 1. The Kier molecular flexibility index (Phi) is 6.87. The molecule has 0 bridgehead atoms. The quantitative estimate of drug-likeness (QED) is 0.424. The average molecular weight is 481 g/mol. The molecule has 34 heavy (non-hydrogen) atoms. The molecule has 0 unspecified atom stereocenters. The molecule has 0 aliphatic carbocycles. The summed E-state index contributed by atoms with van der Waals surface area (Å²) < 4.78 is 0. The van der Waals surface area contributed by atoms with Crippen molar-refractivity contribution in [2.75, 3.05) is 17.6 Å². The molecule has 0 aromatic heterocycles. The molecule has 176 valence electrons. The summed E-state index contributed by atoms with van der Waals surface area (Å²) in [4.78, 5) is 51.4. The van der Waals surface area contributed by atoms with Crippen molar-refractivity contribution in [3.05, 3.63) is 77.5 Å². The van der Waals surface area contributed by atoms with Gasteiger partial charge in [-0.2, -0.15) is 0 Å². The fourth-order valence-electron chi connectivity index (χ4n) is 3.91. The number of hydrogen-bond donors (Lipinski definition) is 4. The first-order chi connectivity index (χ1) is 16.4. The molecule has 2 aromatic carbocycles. The molecule has 0 saturated carbocycles. The molecule has 0 radical (unpaired) electrons. The Morgan fingerprint density at radius 3 is 2.38 bits per heavy atom. The number of nitrogens with one attached hydrogen (secondary N) is 3. The second-order valence-electron chi connectivity index (χ2n) is 7.96. The molecule has 10 heteroatoms. The van der Waals surface area contributed by atoms with Crippen LogP contribution >= 0.6 is 11.8 Å². The van der Waals surface area contributed by atoms with E-state index in [0.717, 1.165) is 5.69 Å². The van der Waals surface area contributed by atoms with Crippen LogP contribution in [-0.4, -0.2) is 57.4 Å². The standard InChI is InChI=1S/C24H24N4O5S/c1-14-13-34-23-19(22(31)28(23)20(14)24(32)33)27-21(30)18(15-8-4-2-5-9-15)26-17(29)12-25-16-10-6-3-7-11-16/h2-11,18-19,23,25H,12-13H2,1H3,(H,26,29)(H,27,30)(H,32,33)/t18-,19-,23-/m1/s1. The summed E-state index contributed by atoms with van der Waals surface area (Å²) in [6.07, 6.45) is 0. The van der Waals surface area contributed by atoms with Crippen LogP contribution in [0, 0.1) is 0 Å². The number of anilines is 1. The first-order valence-corrected chi connectivity index (χ1v) is 11.7. The van der Waals surface area contributed by atoms with E-state index in [9.17, 15) is 24.3 Å². The van der Waals surface area contributed by atoms with Crippen LogP contribution in [0.4, 0.5) is 5.69 Å². The Labute approximate surface area is 200 Å². The van der Waals surface area contributed by atoms with E-state index in [4.69, 9.17) is 0 Å². The third-order valence-electron chi connectivity index (χ3n) is 5.59. The monoisotopic (exact) mass is 480 g/mol. The van der Waals surface area contributed by atoms with Gasteiger partial charge in [-0.1, -0.05) is 48.5 Å². The summed E-state index contributed by atoms with van der Waals surface area (Å²) in [5.41, 5.74) is 1.91. The molecule has 1 saturated heterocycles. The van der Waals surface area contributed by atoms with Gasteiger partial charge in [-0.15, -0.1) is 11.8 Å². The van der Waals surface area contributed by atoms with Crippen LogP contribution in [0.2, 0.25) is 0 Å². The van der Waals surface area contributed by atoms with Crippen LogP contribution in [0.5, 0.6) is 0 Å². The molecule has 1 fully saturated rings. The lowest BCUT2D eigenvalue weighted by molar-refractivity contribution is -0.151. The third kappa shape index (κ3) is 4.76. The Morgan fingerprint density at radius 2 is 1.74 bits per heavy atom. The van der Waals surface area contributed by atoms with Crippen molar-refractivity contribution in [2.45, 2.75) is 24.4 Å². The van der Waals surface area contributed by atoms with Gasteiger partial charge in [-0.3, -0.25) is 19.3 Å². The smallest absolute Gasteiger partial charge is 0.352 e. The van der Waals surface area contributed by atoms with Crippen LogP contribution in [0.15, 0.2) is 71.9 Å². The van der Waals surface area contributed by atoms with E-state index in [-0.39, 0.29) is 12.2 Å². The number of thioether (sulfide) groups is 1. The molecular formula is C24H24N4O5S. The maximum Gasteiger partial charge on any atom is 0.352 e. The molecule has 4 N–H and O–H groups in total. The van der Waals surface area contributed by atoms with Gasteiger partial charge in [0.1, 0.15) is 23.2 Å². The number of carboxylic acids is 1. The average Bonchev–Trinajstić information content (AvgIpc) is 2.85. The van der Waals surface area contributed by atoms with Gasteiger partial charge < -0.3 is 21.1 Å². The summed E-state index contributed by atoms with van der Waals surface area (Å²) in [6.45, 7) is 1.64. The number of hydrogen-bond acceptors (Lipinski definition) is 6. The van der Waals surface area contributed by atoms with Gasteiger partial charge in [-0.25, -0.2) is 4.79 Å². The van der Waals surface area contributed by atoms with Crippen molar-refractivity contribution in [3.63, 3.8) is 0 Å². The number of fused-ring (bicyclic) bond motifs is 1. The second-order valence-corrected chi connectivity index (χ2v) is 9.07. The minimum atomic E-state index is -1.17. The van der Waals surface area contributed by atoms with Gasteiger partial charge >= 0.3 is 5.97 Å². The van der Waals surface area contributed by atoms with Crippen molar-refractivity contribution >= 4 is 41.1 Å². The first kappa shape index (κ1) is 23.4. The molecule has 2 aliphatic rings. The molecule has 3 amide bonds. The predicted molar refractivity (Wildman–Crippen MR) is 128 cm³/mol. The predicted octanol–water partition coefficient (Wildman–Crippen LogP) is 1.71. The van der Waals surface area contributed by atoms with Gasteiger partial charge in [0.05, 0.1) is 6.54 Å². The molecule has 2 aromatic rings. The van der Waals surface area contributed by atoms with E-state index in [2.05, 4.69) is 16.0 Å². The van der Waals surface area contributed by atoms with Gasteiger partial charge in [-0.05, 0) is 30.2 Å². The lowest BCUT2D eigenvalue weighted by Gasteiger charge is -2.49. The minimum Gasteiger partial charge on any atom is -0.477 e. The number of carbonyl (C=O) groups excluding carboxylic acids is 3. The van der Waals surface area contributed by atoms with E-state index in [1.807, 2.05) is 30.3 Å². The number of para-hydroxylation sites is 1. The molecule has 2 heterocycles. The van der Waals surface area contributed by atoms with Crippen molar-refractivity contribution in [1.29, 1.82) is 0 Å². The topological polar surface area (TPSA) is 128 Å². The minimum absolute atomic E-state index is 0.0286. The van der Waals surface area contributed by atoms with Crippen LogP contribution in [0.1, 0.15) is 18.5 Å². The Hall–Kier alpha value is -3.79. The summed E-state index contributed by atoms with van der Waals surface area (Å²) in [7, 11) is 0. The normalized spacial score (nSPS) is 20.0. The number of amides is 3. The number of benzene rings is 2. The maximum absolute atomic E-state index is 13.2. The van der Waals surface area contributed by atoms with Crippen LogP contribution in [-0.2, 0) is 19.2 Å². The van der Waals surface area contributed by atoms with Gasteiger partial charge in [0.15, 0.2) is 0 Å². The number of aliphatic carboxylic acids is 1. The van der Waals surface area contributed by atoms with E-state index in [1.54, 1.807) is 37.3 Å². The van der Waals surface area contributed by atoms with Gasteiger partial charge in [0, 0.05) is 11.4 Å². The Bertz CT molecular complexity index is 1140. The first-order valence-electron chi connectivity index (χ1n) is 10.7. The molecule has 4 rings (SSSR count). The van der Waals surface area contributed by atoms with Crippen molar-refractivity contribution in [2.24, 2.45) is 0 Å². The van der Waals surface area contributed by atoms with E-state index in [1.165, 1.54) is 16.7 Å². The van der Waals surface area contributed by atoms with Crippen LogP contribution < -0.4 is 16.0 Å². The SMILES string of the molecule is CC1=C(C(=O)O)N2C(=O)[C@@H](NC(=O)[C@H](NC(=O)CNc3ccccc3)c3ccccc3)[C@H]2SC1. The summed E-state index contributed by atoms with van der Waals surface area (Å²) >= 11 is 1.40. The van der Waals surface area contributed by atoms with Gasteiger partial charge in [0.25, 0.3) is 5.91 Å². The van der Waals surface area contributed by atoms with E-state index >= 15 is 0 Å².